The first-order valence-corrected chi connectivity index (χ1v) is 6.18. The average molecular weight is 269 g/mol. The summed E-state index contributed by atoms with van der Waals surface area (Å²) >= 11 is 5.88. The van der Waals surface area contributed by atoms with E-state index in [4.69, 9.17) is 11.6 Å². The summed E-state index contributed by atoms with van der Waals surface area (Å²) in [6.07, 6.45) is 3.47. The maximum absolute atomic E-state index is 11.1. The summed E-state index contributed by atoms with van der Waals surface area (Å²) in [7, 11) is 0. The predicted octanol–water partition coefficient (Wildman–Crippen LogP) is 2.81. The Kier molecular flexibility index (Phi) is 3.81. The number of hydrogen-bond donors (Lipinski definition) is 0. The zero-order chi connectivity index (χ0) is 13.1. The van der Waals surface area contributed by atoms with Crippen molar-refractivity contribution >= 4 is 29.3 Å². The number of rotatable bonds is 3. The van der Waals surface area contributed by atoms with Gasteiger partial charge >= 0.3 is 5.69 Å². The summed E-state index contributed by atoms with van der Waals surface area (Å²) in [5.41, 5.74) is 0.317. The molecule has 0 aromatic heterocycles. The molecule has 1 saturated heterocycles. The van der Waals surface area contributed by atoms with Crippen LogP contribution in [0.5, 0.6) is 0 Å². The Morgan fingerprint density at radius 2 is 2.22 bits per heavy atom. The number of benzene rings is 1. The number of nitro groups is 1. The minimum atomic E-state index is -0.492. The van der Waals surface area contributed by atoms with E-state index in [9.17, 15) is 14.9 Å². The molecule has 1 aromatic carbocycles. The average Bonchev–Trinajstić information content (AvgIpc) is 2.38. The van der Waals surface area contributed by atoms with Crippen LogP contribution in [0.25, 0.3) is 0 Å². The smallest absolute Gasteiger partial charge is 0.310 e. The summed E-state index contributed by atoms with van der Waals surface area (Å²) in [6.45, 7) is 0.643. The largest absolute Gasteiger partial charge is 0.356 e. The maximum Gasteiger partial charge on any atom is 0.310 e. The molecule has 1 aliphatic rings. The van der Waals surface area contributed by atoms with Crippen molar-refractivity contribution in [2.24, 2.45) is 0 Å². The van der Waals surface area contributed by atoms with Gasteiger partial charge in [0.25, 0.3) is 0 Å². The van der Waals surface area contributed by atoms with Crippen molar-refractivity contribution in [1.82, 2.24) is 0 Å². The van der Waals surface area contributed by atoms with Gasteiger partial charge in [0.1, 0.15) is 17.0 Å². The van der Waals surface area contributed by atoms with Crippen LogP contribution in [0.2, 0.25) is 5.02 Å². The first-order chi connectivity index (χ1) is 8.65. The molecular formula is C12H13ClN2O3. The van der Waals surface area contributed by atoms with Gasteiger partial charge in [-0.15, -0.1) is 0 Å². The molecule has 0 bridgehead atoms. The fourth-order valence-corrected chi connectivity index (χ4v) is 2.55. The van der Waals surface area contributed by atoms with Crippen LogP contribution in [-0.2, 0) is 4.79 Å². The number of halogens is 1. The molecule has 1 unspecified atom stereocenters. The molecular weight excluding hydrogens is 256 g/mol. The third kappa shape index (κ3) is 2.31. The van der Waals surface area contributed by atoms with Gasteiger partial charge in [-0.05, 0) is 31.4 Å². The van der Waals surface area contributed by atoms with E-state index in [0.717, 1.165) is 25.5 Å². The Labute approximate surface area is 109 Å². The fraction of sp³-hybridized carbons (Fsp3) is 0.417. The molecule has 18 heavy (non-hydrogen) atoms. The van der Waals surface area contributed by atoms with E-state index in [2.05, 4.69) is 0 Å². The second kappa shape index (κ2) is 5.35. The minimum Gasteiger partial charge on any atom is -0.356 e. The predicted molar refractivity (Wildman–Crippen MR) is 69.2 cm³/mol. The van der Waals surface area contributed by atoms with Crippen molar-refractivity contribution in [1.29, 1.82) is 0 Å². The molecule has 96 valence electrons. The van der Waals surface area contributed by atoms with E-state index >= 15 is 0 Å². The molecule has 6 heteroatoms. The quantitative estimate of drug-likeness (QED) is 0.480. The van der Waals surface area contributed by atoms with Crippen LogP contribution >= 0.6 is 11.6 Å². The van der Waals surface area contributed by atoms with Gasteiger partial charge in [0.15, 0.2) is 0 Å². The van der Waals surface area contributed by atoms with E-state index in [-0.39, 0.29) is 16.8 Å². The summed E-state index contributed by atoms with van der Waals surface area (Å²) in [5.74, 6) is 0. The Balaban J connectivity index is 2.46. The Morgan fingerprint density at radius 3 is 2.89 bits per heavy atom. The zero-order valence-electron chi connectivity index (χ0n) is 9.71. The molecule has 1 fully saturated rings. The number of piperidine rings is 1. The highest BCUT2D eigenvalue weighted by molar-refractivity contribution is 6.33. The number of nitrogens with zero attached hydrogens (tertiary/aromatic N) is 2. The Hall–Kier alpha value is -1.62. The maximum atomic E-state index is 11.1. The second-order valence-corrected chi connectivity index (χ2v) is 4.66. The fourth-order valence-electron chi connectivity index (χ4n) is 2.31. The van der Waals surface area contributed by atoms with Crippen molar-refractivity contribution < 1.29 is 9.72 Å². The first-order valence-electron chi connectivity index (χ1n) is 5.80. The highest BCUT2D eigenvalue weighted by Crippen LogP contribution is 2.37. The van der Waals surface area contributed by atoms with E-state index in [0.29, 0.717) is 12.2 Å². The van der Waals surface area contributed by atoms with Gasteiger partial charge in [-0.3, -0.25) is 10.1 Å². The van der Waals surface area contributed by atoms with E-state index < -0.39 is 4.92 Å². The highest BCUT2D eigenvalue weighted by Gasteiger charge is 2.29. The molecule has 0 radical (unpaired) electrons. The lowest BCUT2D eigenvalue weighted by atomic mass is 10.0. The lowest BCUT2D eigenvalue weighted by Gasteiger charge is -2.33. The van der Waals surface area contributed by atoms with Gasteiger partial charge in [0.2, 0.25) is 0 Å². The number of nitro benzene ring substituents is 1. The Bertz CT molecular complexity index is 478. The van der Waals surface area contributed by atoms with Crippen LogP contribution in [0.4, 0.5) is 11.4 Å². The number of carbonyl (C=O) groups excluding carboxylic acids is 1. The molecule has 0 N–H and O–H groups in total. The number of anilines is 1. The van der Waals surface area contributed by atoms with Crippen molar-refractivity contribution in [3.05, 3.63) is 33.3 Å². The summed E-state index contributed by atoms with van der Waals surface area (Å²) in [4.78, 5) is 23.4. The van der Waals surface area contributed by atoms with Crippen LogP contribution in [0.1, 0.15) is 19.3 Å². The molecule has 2 rings (SSSR count). The van der Waals surface area contributed by atoms with E-state index in [1.807, 2.05) is 0 Å². The molecule has 1 aromatic rings. The molecule has 1 heterocycles. The van der Waals surface area contributed by atoms with Crippen LogP contribution in [-0.4, -0.2) is 23.8 Å². The Morgan fingerprint density at radius 1 is 1.44 bits per heavy atom. The van der Waals surface area contributed by atoms with Gasteiger partial charge in [-0.2, -0.15) is 0 Å². The topological polar surface area (TPSA) is 63.5 Å². The van der Waals surface area contributed by atoms with Crippen LogP contribution < -0.4 is 4.90 Å². The van der Waals surface area contributed by atoms with Gasteiger partial charge in [0, 0.05) is 6.54 Å². The molecule has 1 aliphatic heterocycles. The summed E-state index contributed by atoms with van der Waals surface area (Å²) < 4.78 is 0. The monoisotopic (exact) mass is 268 g/mol. The highest BCUT2D eigenvalue weighted by atomic mass is 35.5. The first kappa shape index (κ1) is 12.8. The zero-order valence-corrected chi connectivity index (χ0v) is 10.5. The third-order valence-electron chi connectivity index (χ3n) is 3.16. The van der Waals surface area contributed by atoms with Gasteiger partial charge in [0.05, 0.1) is 11.0 Å². The SMILES string of the molecule is O=CC1CCCCN1c1cccc(Cl)c1[N+](=O)[O-]. The summed E-state index contributed by atoms with van der Waals surface area (Å²) in [6, 6.07) is 4.51. The van der Waals surface area contributed by atoms with Crippen molar-refractivity contribution in [2.45, 2.75) is 25.3 Å². The standard InChI is InChI=1S/C12H13ClN2O3/c13-10-5-3-6-11(12(10)15(17)18)14-7-2-1-4-9(14)8-16/h3,5-6,8-9H,1-2,4,7H2. The van der Waals surface area contributed by atoms with E-state index in [1.165, 1.54) is 6.07 Å². The van der Waals surface area contributed by atoms with Crippen LogP contribution in [0.15, 0.2) is 18.2 Å². The molecule has 0 amide bonds. The number of hydrogen-bond acceptors (Lipinski definition) is 4. The summed E-state index contributed by atoms with van der Waals surface area (Å²) in [5, 5.41) is 11.2. The molecule has 5 nitrogen and oxygen atoms in total. The molecule has 0 aliphatic carbocycles. The lowest BCUT2D eigenvalue weighted by Crippen LogP contribution is -2.40. The lowest BCUT2D eigenvalue weighted by molar-refractivity contribution is -0.384. The molecule has 0 spiro atoms. The molecule has 1 atom stereocenters. The van der Waals surface area contributed by atoms with Crippen molar-refractivity contribution in [3.8, 4) is 0 Å². The van der Waals surface area contributed by atoms with Gasteiger partial charge < -0.3 is 9.69 Å². The third-order valence-corrected chi connectivity index (χ3v) is 3.47. The van der Waals surface area contributed by atoms with Gasteiger partial charge in [-0.1, -0.05) is 17.7 Å². The van der Waals surface area contributed by atoms with Crippen LogP contribution in [0, 0.1) is 10.1 Å². The van der Waals surface area contributed by atoms with Crippen molar-refractivity contribution in [2.75, 3.05) is 11.4 Å². The molecule has 0 saturated carbocycles. The minimum absolute atomic E-state index is 0.104. The van der Waals surface area contributed by atoms with Crippen molar-refractivity contribution in [3.63, 3.8) is 0 Å². The van der Waals surface area contributed by atoms with Gasteiger partial charge in [-0.25, -0.2) is 0 Å². The van der Waals surface area contributed by atoms with Crippen LogP contribution in [0.3, 0.4) is 0 Å². The number of aldehydes is 1. The normalized spacial score (nSPS) is 19.6. The van der Waals surface area contributed by atoms with E-state index in [1.54, 1.807) is 17.0 Å². The number of para-hydroxylation sites is 1. The second-order valence-electron chi connectivity index (χ2n) is 4.26. The number of carbonyl (C=O) groups is 1.